The van der Waals surface area contributed by atoms with Crippen molar-refractivity contribution in [3.8, 4) is 0 Å². The lowest BCUT2D eigenvalue weighted by atomic mass is 9.87. The predicted octanol–water partition coefficient (Wildman–Crippen LogP) is 2.94. The van der Waals surface area contributed by atoms with Gasteiger partial charge in [-0.05, 0) is 12.0 Å². The summed E-state index contributed by atoms with van der Waals surface area (Å²) in [5, 5.41) is 15.5. The van der Waals surface area contributed by atoms with Crippen LogP contribution in [-0.4, -0.2) is 20.8 Å². The SMILES string of the molecule is Cn1ncc(Cl)c1C(O)(CCCl)c1ccccc1. The van der Waals surface area contributed by atoms with E-state index in [0.717, 1.165) is 5.56 Å². The van der Waals surface area contributed by atoms with Crippen LogP contribution >= 0.6 is 23.2 Å². The number of hydrogen-bond acceptors (Lipinski definition) is 2. The van der Waals surface area contributed by atoms with Gasteiger partial charge in [0.25, 0.3) is 0 Å². The highest BCUT2D eigenvalue weighted by Gasteiger charge is 2.35. The Hall–Kier alpha value is -1.03. The summed E-state index contributed by atoms with van der Waals surface area (Å²) in [6.07, 6.45) is 1.90. The number of benzene rings is 1. The molecular formula is C13H14Cl2N2O. The first-order valence-electron chi connectivity index (χ1n) is 5.61. The summed E-state index contributed by atoms with van der Waals surface area (Å²) >= 11 is 12.0. The van der Waals surface area contributed by atoms with Gasteiger partial charge in [0.15, 0.2) is 0 Å². The summed E-state index contributed by atoms with van der Waals surface area (Å²) in [6, 6.07) is 9.36. The lowest BCUT2D eigenvalue weighted by Gasteiger charge is -2.28. The van der Waals surface area contributed by atoms with Crippen LogP contribution < -0.4 is 0 Å². The maximum Gasteiger partial charge on any atom is 0.134 e. The molecule has 0 spiro atoms. The normalized spacial score (nSPS) is 14.4. The van der Waals surface area contributed by atoms with Crippen LogP contribution in [0.15, 0.2) is 36.5 Å². The molecule has 5 heteroatoms. The zero-order valence-corrected chi connectivity index (χ0v) is 11.5. The number of alkyl halides is 1. The Morgan fingerprint density at radius 1 is 1.33 bits per heavy atom. The minimum atomic E-state index is -1.22. The van der Waals surface area contributed by atoms with E-state index in [1.54, 1.807) is 11.7 Å². The molecule has 96 valence electrons. The van der Waals surface area contributed by atoms with Crippen LogP contribution in [0, 0.1) is 0 Å². The fraction of sp³-hybridized carbons (Fsp3) is 0.308. The van der Waals surface area contributed by atoms with Gasteiger partial charge in [0.05, 0.1) is 16.9 Å². The van der Waals surface area contributed by atoms with E-state index >= 15 is 0 Å². The Labute approximate surface area is 116 Å². The first kappa shape index (κ1) is 13.4. The molecular weight excluding hydrogens is 271 g/mol. The van der Waals surface area contributed by atoms with E-state index < -0.39 is 5.60 Å². The summed E-state index contributed by atoms with van der Waals surface area (Å²) in [5.74, 6) is 0.326. The van der Waals surface area contributed by atoms with E-state index in [1.165, 1.54) is 6.20 Å². The van der Waals surface area contributed by atoms with Crippen molar-refractivity contribution in [3.05, 3.63) is 52.8 Å². The molecule has 3 nitrogen and oxygen atoms in total. The van der Waals surface area contributed by atoms with Crippen molar-refractivity contribution in [2.24, 2.45) is 7.05 Å². The zero-order valence-electron chi connectivity index (χ0n) is 9.98. The molecule has 0 aliphatic rings. The first-order valence-corrected chi connectivity index (χ1v) is 6.52. The van der Waals surface area contributed by atoms with Crippen LogP contribution in [0.1, 0.15) is 17.7 Å². The van der Waals surface area contributed by atoms with Crippen LogP contribution in [0.4, 0.5) is 0 Å². The molecule has 0 saturated heterocycles. The molecule has 1 aromatic carbocycles. The maximum atomic E-state index is 11.0. The maximum absolute atomic E-state index is 11.0. The van der Waals surface area contributed by atoms with Crippen molar-refractivity contribution in [3.63, 3.8) is 0 Å². The van der Waals surface area contributed by atoms with Crippen molar-refractivity contribution >= 4 is 23.2 Å². The average molecular weight is 285 g/mol. The molecule has 2 aromatic rings. The Kier molecular flexibility index (Phi) is 3.95. The second-order valence-corrected chi connectivity index (χ2v) is 4.92. The van der Waals surface area contributed by atoms with Gasteiger partial charge < -0.3 is 5.11 Å². The fourth-order valence-electron chi connectivity index (χ4n) is 2.13. The van der Waals surface area contributed by atoms with Crippen LogP contribution in [-0.2, 0) is 12.6 Å². The molecule has 0 amide bonds. The number of nitrogens with zero attached hydrogens (tertiary/aromatic N) is 2. The van der Waals surface area contributed by atoms with E-state index in [4.69, 9.17) is 23.2 Å². The van der Waals surface area contributed by atoms with Gasteiger partial charge in [0, 0.05) is 12.9 Å². The van der Waals surface area contributed by atoms with Crippen molar-refractivity contribution in [2.45, 2.75) is 12.0 Å². The highest BCUT2D eigenvalue weighted by atomic mass is 35.5. The summed E-state index contributed by atoms with van der Waals surface area (Å²) in [5.41, 5.74) is 0.109. The molecule has 0 aliphatic carbocycles. The van der Waals surface area contributed by atoms with Crippen LogP contribution in [0.5, 0.6) is 0 Å². The Balaban J connectivity index is 2.58. The summed E-state index contributed by atoms with van der Waals surface area (Å²) in [7, 11) is 1.75. The van der Waals surface area contributed by atoms with Gasteiger partial charge in [-0.3, -0.25) is 4.68 Å². The Bertz CT molecular complexity index is 508. The monoisotopic (exact) mass is 284 g/mol. The van der Waals surface area contributed by atoms with E-state index in [-0.39, 0.29) is 0 Å². The molecule has 0 saturated carbocycles. The third kappa shape index (κ3) is 2.26. The van der Waals surface area contributed by atoms with E-state index in [2.05, 4.69) is 5.10 Å². The number of aliphatic hydroxyl groups is 1. The minimum absolute atomic E-state index is 0.326. The number of aromatic nitrogens is 2. The van der Waals surface area contributed by atoms with Gasteiger partial charge in [0.1, 0.15) is 5.60 Å². The fourth-order valence-corrected chi connectivity index (χ4v) is 2.72. The second-order valence-electron chi connectivity index (χ2n) is 4.13. The Morgan fingerprint density at radius 3 is 2.50 bits per heavy atom. The predicted molar refractivity (Wildman–Crippen MR) is 73.0 cm³/mol. The largest absolute Gasteiger partial charge is 0.379 e. The molecule has 1 atom stereocenters. The molecule has 0 aliphatic heterocycles. The minimum Gasteiger partial charge on any atom is -0.379 e. The number of halogens is 2. The average Bonchev–Trinajstić information content (AvgIpc) is 2.71. The molecule has 18 heavy (non-hydrogen) atoms. The second kappa shape index (κ2) is 5.31. The standard InChI is InChI=1S/C13H14Cl2N2O/c1-17-12(11(15)9-16-17)13(18,7-8-14)10-5-3-2-4-6-10/h2-6,9,18H,7-8H2,1H3. The van der Waals surface area contributed by atoms with E-state index in [0.29, 0.717) is 23.0 Å². The van der Waals surface area contributed by atoms with Gasteiger partial charge in [-0.2, -0.15) is 5.10 Å². The lowest BCUT2D eigenvalue weighted by molar-refractivity contribution is 0.0688. The topological polar surface area (TPSA) is 38.0 Å². The van der Waals surface area contributed by atoms with Crippen molar-refractivity contribution in [1.29, 1.82) is 0 Å². The van der Waals surface area contributed by atoms with Gasteiger partial charge >= 0.3 is 0 Å². The summed E-state index contributed by atoms with van der Waals surface area (Å²) < 4.78 is 1.59. The molecule has 1 unspecified atom stereocenters. The number of rotatable bonds is 4. The van der Waals surface area contributed by atoms with E-state index in [9.17, 15) is 5.11 Å². The molecule has 1 N–H and O–H groups in total. The van der Waals surface area contributed by atoms with Crippen molar-refractivity contribution < 1.29 is 5.11 Å². The molecule has 0 radical (unpaired) electrons. The van der Waals surface area contributed by atoms with Gasteiger partial charge in [0.2, 0.25) is 0 Å². The van der Waals surface area contributed by atoms with Crippen molar-refractivity contribution in [2.75, 3.05) is 5.88 Å². The molecule has 2 rings (SSSR count). The highest BCUT2D eigenvalue weighted by molar-refractivity contribution is 6.31. The van der Waals surface area contributed by atoms with E-state index in [1.807, 2.05) is 30.3 Å². The van der Waals surface area contributed by atoms with Crippen LogP contribution in [0.2, 0.25) is 5.02 Å². The third-order valence-electron chi connectivity index (χ3n) is 2.99. The van der Waals surface area contributed by atoms with Crippen LogP contribution in [0.25, 0.3) is 0 Å². The van der Waals surface area contributed by atoms with Gasteiger partial charge in [-0.25, -0.2) is 0 Å². The number of hydrogen-bond donors (Lipinski definition) is 1. The molecule has 0 fully saturated rings. The summed E-state index contributed by atoms with van der Waals surface area (Å²) in [6.45, 7) is 0. The summed E-state index contributed by atoms with van der Waals surface area (Å²) in [4.78, 5) is 0. The first-order chi connectivity index (χ1) is 8.59. The van der Waals surface area contributed by atoms with Gasteiger partial charge in [-0.1, -0.05) is 41.9 Å². The third-order valence-corrected chi connectivity index (χ3v) is 3.46. The van der Waals surface area contributed by atoms with Crippen molar-refractivity contribution in [1.82, 2.24) is 9.78 Å². The zero-order chi connectivity index (χ0) is 13.2. The number of aryl methyl sites for hydroxylation is 1. The lowest BCUT2D eigenvalue weighted by Crippen LogP contribution is -2.31. The molecule has 1 aromatic heterocycles. The van der Waals surface area contributed by atoms with Gasteiger partial charge in [-0.15, -0.1) is 11.6 Å². The highest BCUT2D eigenvalue weighted by Crippen LogP contribution is 2.36. The quantitative estimate of drug-likeness (QED) is 0.877. The molecule has 1 heterocycles. The molecule has 0 bridgehead atoms. The smallest absolute Gasteiger partial charge is 0.134 e. The Morgan fingerprint density at radius 2 is 2.00 bits per heavy atom. The van der Waals surface area contributed by atoms with Crippen LogP contribution in [0.3, 0.4) is 0 Å².